The molecule has 0 heterocycles. The van der Waals surface area contributed by atoms with Crippen molar-refractivity contribution in [3.8, 4) is 41.1 Å². The maximum atomic E-state index is 12.7. The molecule has 2 rings (SSSR count). The van der Waals surface area contributed by atoms with Gasteiger partial charge in [-0.1, -0.05) is 18.1 Å². The van der Waals surface area contributed by atoms with Crippen LogP contribution in [0, 0.1) is 12.3 Å². The number of carbonyl (C=O) groups is 1. The minimum atomic E-state index is -0.246. The molecule has 0 amide bonds. The molecule has 28 heavy (non-hydrogen) atoms. The van der Waals surface area contributed by atoms with Crippen LogP contribution < -0.4 is 23.7 Å². The molecule has 6 heteroatoms. The molecule has 0 aliphatic heterocycles. The van der Waals surface area contributed by atoms with Crippen molar-refractivity contribution in [1.82, 2.24) is 0 Å². The summed E-state index contributed by atoms with van der Waals surface area (Å²) < 4.78 is 26.6. The van der Waals surface area contributed by atoms with Crippen LogP contribution in [-0.2, 0) is 0 Å². The van der Waals surface area contributed by atoms with Crippen LogP contribution >= 0.6 is 0 Å². The van der Waals surface area contributed by atoms with Crippen molar-refractivity contribution in [2.75, 3.05) is 35.0 Å². The monoisotopic (exact) mass is 382 g/mol. The highest BCUT2D eigenvalue weighted by molar-refractivity contribution is 6.09. The van der Waals surface area contributed by atoms with Crippen LogP contribution in [0.3, 0.4) is 0 Å². The second kappa shape index (κ2) is 9.93. The number of hydrogen-bond acceptors (Lipinski definition) is 6. The van der Waals surface area contributed by atoms with Crippen molar-refractivity contribution in [2.24, 2.45) is 0 Å². The van der Waals surface area contributed by atoms with Gasteiger partial charge >= 0.3 is 0 Å². The van der Waals surface area contributed by atoms with Crippen LogP contribution in [-0.4, -0.2) is 40.8 Å². The molecule has 0 radical (unpaired) electrons. The Hall–Kier alpha value is -3.59. The fourth-order valence-corrected chi connectivity index (χ4v) is 2.58. The van der Waals surface area contributed by atoms with Crippen molar-refractivity contribution in [1.29, 1.82) is 0 Å². The zero-order chi connectivity index (χ0) is 20.5. The number of hydrogen-bond donors (Lipinski definition) is 0. The molecule has 0 bridgehead atoms. The minimum Gasteiger partial charge on any atom is -0.493 e. The molecule has 2 aromatic carbocycles. The second-order valence-corrected chi connectivity index (χ2v) is 5.48. The van der Waals surface area contributed by atoms with Gasteiger partial charge in [0, 0.05) is 0 Å². The van der Waals surface area contributed by atoms with E-state index in [9.17, 15) is 4.79 Å². The summed E-state index contributed by atoms with van der Waals surface area (Å²) in [5.74, 6) is 4.36. The largest absolute Gasteiger partial charge is 0.493 e. The standard InChI is InChI=1S/C22H22O6/c1-6-13-28-18-11-8-15(14-20(18)25-3)7-10-17(23)16-9-12-19(24-2)22(27-5)21(16)26-4/h1,7-12,14H,13H2,2-5H3/b10-7+. The SMILES string of the molecule is C#CCOc1ccc(/C=C/C(=O)c2ccc(OC)c(OC)c2OC)cc1OC. The van der Waals surface area contributed by atoms with Gasteiger partial charge in [-0.2, -0.15) is 0 Å². The van der Waals surface area contributed by atoms with Gasteiger partial charge in [0.15, 0.2) is 28.8 Å². The first-order chi connectivity index (χ1) is 13.6. The number of carbonyl (C=O) groups excluding carboxylic acids is 1. The van der Waals surface area contributed by atoms with E-state index in [4.69, 9.17) is 30.1 Å². The van der Waals surface area contributed by atoms with Crippen molar-refractivity contribution >= 4 is 11.9 Å². The van der Waals surface area contributed by atoms with E-state index in [0.29, 0.717) is 34.3 Å². The summed E-state index contributed by atoms with van der Waals surface area (Å²) in [7, 11) is 6.01. The van der Waals surface area contributed by atoms with Gasteiger partial charge in [-0.15, -0.1) is 6.42 Å². The minimum absolute atomic E-state index is 0.142. The first kappa shape index (κ1) is 20.7. The van der Waals surface area contributed by atoms with Crippen LogP contribution in [0.1, 0.15) is 15.9 Å². The smallest absolute Gasteiger partial charge is 0.204 e. The quantitative estimate of drug-likeness (QED) is 0.375. The van der Waals surface area contributed by atoms with Crippen LogP contribution in [0.4, 0.5) is 0 Å². The van der Waals surface area contributed by atoms with Crippen molar-refractivity contribution < 1.29 is 28.5 Å². The van der Waals surface area contributed by atoms with E-state index >= 15 is 0 Å². The first-order valence-corrected chi connectivity index (χ1v) is 8.35. The van der Waals surface area contributed by atoms with Crippen LogP contribution in [0.25, 0.3) is 6.08 Å². The zero-order valence-electron chi connectivity index (χ0n) is 16.3. The van der Waals surface area contributed by atoms with Gasteiger partial charge in [0.05, 0.1) is 34.0 Å². The predicted molar refractivity (Wildman–Crippen MR) is 107 cm³/mol. The molecule has 0 N–H and O–H groups in total. The molecule has 0 saturated carbocycles. The molecule has 0 fully saturated rings. The number of terminal acetylenes is 1. The fraction of sp³-hybridized carbons (Fsp3) is 0.227. The van der Waals surface area contributed by atoms with Crippen molar-refractivity contribution in [3.05, 3.63) is 47.5 Å². The number of ether oxygens (including phenoxy) is 5. The van der Waals surface area contributed by atoms with E-state index in [2.05, 4.69) is 5.92 Å². The average molecular weight is 382 g/mol. The lowest BCUT2D eigenvalue weighted by Gasteiger charge is -2.14. The molecule has 0 atom stereocenters. The highest BCUT2D eigenvalue weighted by Crippen LogP contribution is 2.40. The lowest BCUT2D eigenvalue weighted by Crippen LogP contribution is -2.03. The van der Waals surface area contributed by atoms with E-state index < -0.39 is 0 Å². The molecular weight excluding hydrogens is 360 g/mol. The molecule has 0 saturated heterocycles. The molecule has 2 aromatic rings. The third kappa shape index (κ3) is 4.57. The van der Waals surface area contributed by atoms with E-state index in [1.54, 1.807) is 36.4 Å². The maximum absolute atomic E-state index is 12.7. The van der Waals surface area contributed by atoms with Crippen molar-refractivity contribution in [3.63, 3.8) is 0 Å². The molecule has 0 aliphatic carbocycles. The fourth-order valence-electron chi connectivity index (χ4n) is 2.58. The van der Waals surface area contributed by atoms with Gasteiger partial charge in [-0.05, 0) is 35.9 Å². The van der Waals surface area contributed by atoms with Crippen LogP contribution in [0.15, 0.2) is 36.4 Å². The van der Waals surface area contributed by atoms with E-state index in [1.165, 1.54) is 34.5 Å². The molecular formula is C22H22O6. The molecule has 146 valence electrons. The third-order valence-corrected chi connectivity index (χ3v) is 3.90. The summed E-state index contributed by atoms with van der Waals surface area (Å²) in [5.41, 5.74) is 1.12. The molecule has 6 nitrogen and oxygen atoms in total. The Morgan fingerprint density at radius 3 is 2.21 bits per heavy atom. The van der Waals surface area contributed by atoms with Gasteiger partial charge < -0.3 is 23.7 Å². The van der Waals surface area contributed by atoms with Crippen LogP contribution in [0.2, 0.25) is 0 Å². The van der Waals surface area contributed by atoms with Crippen molar-refractivity contribution in [2.45, 2.75) is 0 Å². The highest BCUT2D eigenvalue weighted by atomic mass is 16.5. The molecule has 0 spiro atoms. The lowest BCUT2D eigenvalue weighted by atomic mass is 10.1. The molecule has 0 aliphatic rings. The summed E-state index contributed by atoms with van der Waals surface area (Å²) in [6.07, 6.45) is 8.32. The summed E-state index contributed by atoms with van der Waals surface area (Å²) in [5, 5.41) is 0. The zero-order valence-corrected chi connectivity index (χ0v) is 16.3. The Balaban J connectivity index is 2.30. The lowest BCUT2D eigenvalue weighted by molar-refractivity contribution is 0.104. The predicted octanol–water partition coefficient (Wildman–Crippen LogP) is 3.63. The van der Waals surface area contributed by atoms with Crippen LogP contribution in [0.5, 0.6) is 28.7 Å². The van der Waals surface area contributed by atoms with Gasteiger partial charge in [0.2, 0.25) is 5.75 Å². The Kier molecular flexibility index (Phi) is 7.35. The Morgan fingerprint density at radius 2 is 1.61 bits per heavy atom. The average Bonchev–Trinajstić information content (AvgIpc) is 2.74. The number of ketones is 1. The Bertz CT molecular complexity index is 908. The van der Waals surface area contributed by atoms with Gasteiger partial charge in [-0.3, -0.25) is 4.79 Å². The molecule has 0 aromatic heterocycles. The Labute approximate surface area is 164 Å². The van der Waals surface area contributed by atoms with E-state index in [1.807, 2.05) is 0 Å². The summed E-state index contributed by atoms with van der Waals surface area (Å²) >= 11 is 0. The summed E-state index contributed by atoms with van der Waals surface area (Å²) in [6.45, 7) is 0.142. The maximum Gasteiger partial charge on any atom is 0.204 e. The number of allylic oxidation sites excluding steroid dienone is 1. The third-order valence-electron chi connectivity index (χ3n) is 3.90. The Morgan fingerprint density at radius 1 is 0.929 bits per heavy atom. The normalized spacial score (nSPS) is 10.2. The van der Waals surface area contributed by atoms with E-state index in [0.717, 1.165) is 5.56 Å². The number of benzene rings is 2. The molecule has 0 unspecified atom stereocenters. The summed E-state index contributed by atoms with van der Waals surface area (Å²) in [4.78, 5) is 12.7. The van der Waals surface area contributed by atoms with Gasteiger partial charge in [0.25, 0.3) is 0 Å². The number of rotatable bonds is 9. The second-order valence-electron chi connectivity index (χ2n) is 5.48. The number of methoxy groups -OCH3 is 4. The van der Waals surface area contributed by atoms with E-state index in [-0.39, 0.29) is 12.4 Å². The van der Waals surface area contributed by atoms with Gasteiger partial charge in [0.1, 0.15) is 6.61 Å². The highest BCUT2D eigenvalue weighted by Gasteiger charge is 2.19. The van der Waals surface area contributed by atoms with Gasteiger partial charge in [-0.25, -0.2) is 0 Å². The topological polar surface area (TPSA) is 63.2 Å². The first-order valence-electron chi connectivity index (χ1n) is 8.35. The summed E-state index contributed by atoms with van der Waals surface area (Å²) in [6, 6.07) is 8.57.